The molecular weight excluding hydrogens is 496 g/mol. The van der Waals surface area contributed by atoms with Crippen molar-refractivity contribution in [2.75, 3.05) is 5.32 Å². The first-order valence-corrected chi connectivity index (χ1v) is 15.1. The van der Waals surface area contributed by atoms with E-state index in [9.17, 15) is 14.7 Å². The van der Waals surface area contributed by atoms with Crippen molar-refractivity contribution in [2.45, 2.75) is 115 Å². The molecule has 0 aliphatic heterocycles. The van der Waals surface area contributed by atoms with E-state index in [0.717, 1.165) is 19.3 Å². The molecule has 0 radical (unpaired) electrons. The molecule has 3 rings (SSSR count). The summed E-state index contributed by atoms with van der Waals surface area (Å²) in [6, 6.07) is 12.5. The molecule has 0 heterocycles. The summed E-state index contributed by atoms with van der Waals surface area (Å²) in [4.78, 5) is 26.5. The second-order valence-corrected chi connectivity index (χ2v) is 11.0. The van der Waals surface area contributed by atoms with Crippen LogP contribution in [0.25, 0.3) is 0 Å². The van der Waals surface area contributed by atoms with E-state index in [0.29, 0.717) is 34.4 Å². The van der Waals surface area contributed by atoms with Crippen LogP contribution < -0.4 is 10.6 Å². The molecule has 0 fully saturated rings. The molecule has 0 spiro atoms. The van der Waals surface area contributed by atoms with Gasteiger partial charge in [-0.2, -0.15) is 0 Å². The highest BCUT2D eigenvalue weighted by Gasteiger charge is 2.31. The number of halogens is 1. The van der Waals surface area contributed by atoms with E-state index in [-0.39, 0.29) is 23.8 Å². The fourth-order valence-electron chi connectivity index (χ4n) is 5.38. The maximum atomic E-state index is 13.4. The highest BCUT2D eigenvalue weighted by molar-refractivity contribution is 6.30. The highest BCUT2D eigenvalue weighted by Crippen LogP contribution is 2.32. The van der Waals surface area contributed by atoms with E-state index < -0.39 is 5.56 Å². The third-order valence-corrected chi connectivity index (χ3v) is 7.69. The number of fused-ring (bicyclic) bond motifs is 2. The van der Waals surface area contributed by atoms with Crippen molar-refractivity contribution in [1.29, 1.82) is 0 Å². The molecule has 0 amide bonds. The van der Waals surface area contributed by atoms with Crippen LogP contribution in [0, 0.1) is 0 Å². The number of aliphatic hydroxyl groups excluding tert-OH is 1. The molecule has 2 aromatic rings. The van der Waals surface area contributed by atoms with E-state index >= 15 is 0 Å². The Morgan fingerprint density at radius 3 is 1.95 bits per heavy atom. The second kappa shape index (κ2) is 16.0. The number of benzene rings is 2. The lowest BCUT2D eigenvalue weighted by molar-refractivity contribution is 0.0979. The van der Waals surface area contributed by atoms with Gasteiger partial charge in [0.1, 0.15) is 5.56 Å². The molecule has 3 N–H and O–H groups in total. The number of rotatable bonds is 18. The molecule has 3 unspecified atom stereocenters. The lowest BCUT2D eigenvalue weighted by atomic mass is 9.83. The number of alkyl halides is 1. The molecule has 0 bridgehead atoms. The maximum Gasteiger partial charge on any atom is 0.196 e. The van der Waals surface area contributed by atoms with Crippen molar-refractivity contribution in [3.63, 3.8) is 0 Å². The molecule has 1 aliphatic rings. The van der Waals surface area contributed by atoms with Crippen molar-refractivity contribution in [1.82, 2.24) is 5.32 Å². The zero-order valence-electron chi connectivity index (χ0n) is 23.1. The number of carbonyl (C=O) groups excluding carboxylic acids is 2. The molecule has 0 aromatic heterocycles. The normalized spacial score (nSPS) is 15.1. The fourth-order valence-corrected chi connectivity index (χ4v) is 5.60. The van der Waals surface area contributed by atoms with E-state index in [2.05, 4.69) is 24.5 Å². The van der Waals surface area contributed by atoms with Gasteiger partial charge in [0.25, 0.3) is 0 Å². The van der Waals surface area contributed by atoms with Crippen LogP contribution in [0.3, 0.4) is 0 Å². The van der Waals surface area contributed by atoms with Gasteiger partial charge in [0, 0.05) is 34.8 Å². The van der Waals surface area contributed by atoms with Crippen LogP contribution in [-0.2, 0) is 0 Å². The zero-order chi connectivity index (χ0) is 27.3. The molecule has 0 saturated heterocycles. The first-order valence-electron chi connectivity index (χ1n) is 14.6. The summed E-state index contributed by atoms with van der Waals surface area (Å²) >= 11 is 5.98. The van der Waals surface area contributed by atoms with Gasteiger partial charge in [0.2, 0.25) is 0 Å². The zero-order valence-corrected chi connectivity index (χ0v) is 23.9. The second-order valence-electron chi connectivity index (χ2n) is 10.5. The number of unbranched alkanes of at least 4 members (excludes halogenated alkanes) is 9. The van der Waals surface area contributed by atoms with Gasteiger partial charge in [-0.05, 0) is 18.9 Å². The highest BCUT2D eigenvalue weighted by atomic mass is 35.5. The van der Waals surface area contributed by atoms with Gasteiger partial charge in [-0.25, -0.2) is 0 Å². The van der Waals surface area contributed by atoms with E-state index in [4.69, 9.17) is 11.6 Å². The van der Waals surface area contributed by atoms with E-state index in [1.165, 1.54) is 57.8 Å². The average Bonchev–Trinajstić information content (AvgIpc) is 2.91. The summed E-state index contributed by atoms with van der Waals surface area (Å²) in [5.74, 6) is -0.254. The third kappa shape index (κ3) is 8.65. The summed E-state index contributed by atoms with van der Waals surface area (Å²) in [5.41, 5.74) is 1.52. The predicted octanol–water partition coefficient (Wildman–Crippen LogP) is 7.83. The summed E-state index contributed by atoms with van der Waals surface area (Å²) in [6.45, 7) is 4.32. The quantitative estimate of drug-likeness (QED) is 0.0870. The van der Waals surface area contributed by atoms with Crippen molar-refractivity contribution in [2.24, 2.45) is 0 Å². The van der Waals surface area contributed by atoms with E-state index in [1.54, 1.807) is 30.3 Å². The van der Waals surface area contributed by atoms with Crippen LogP contribution in [0.15, 0.2) is 42.5 Å². The lowest BCUT2D eigenvalue weighted by Crippen LogP contribution is -2.44. The first kappa shape index (κ1) is 30.3. The number of nitrogens with one attached hydrogen (secondary N) is 2. The molecular formula is C32H45ClN2O3. The van der Waals surface area contributed by atoms with Gasteiger partial charge in [0.15, 0.2) is 11.6 Å². The van der Waals surface area contributed by atoms with Gasteiger partial charge < -0.3 is 10.4 Å². The summed E-state index contributed by atoms with van der Waals surface area (Å²) in [7, 11) is 0. The van der Waals surface area contributed by atoms with Gasteiger partial charge >= 0.3 is 0 Å². The summed E-state index contributed by atoms with van der Waals surface area (Å²) in [5, 5.41) is 17.0. The van der Waals surface area contributed by atoms with Crippen LogP contribution in [0.4, 0.5) is 5.69 Å². The minimum atomic E-state index is -0.909. The van der Waals surface area contributed by atoms with Gasteiger partial charge in [0.05, 0.1) is 11.7 Å². The predicted molar refractivity (Wildman–Crippen MR) is 157 cm³/mol. The van der Waals surface area contributed by atoms with Crippen molar-refractivity contribution < 1.29 is 14.7 Å². The Balaban J connectivity index is 1.56. The van der Waals surface area contributed by atoms with Crippen LogP contribution in [-0.4, -0.2) is 34.4 Å². The molecule has 3 atom stereocenters. The molecule has 6 heteroatoms. The SMILES string of the molecule is CCCCCCCCCCCCC(CC(O)Cl)NC(CC)Nc1cccc2c1C(=O)c1ccccc1C2=O. The van der Waals surface area contributed by atoms with Crippen LogP contribution in [0.1, 0.15) is 129 Å². The Kier molecular flexibility index (Phi) is 12.8. The molecule has 38 heavy (non-hydrogen) atoms. The standard InChI is InChI=1S/C32H45ClN2O3/c1-3-5-6-7-8-9-10-11-12-13-17-23(22-28(33)36)34-29(4-2)35-27-21-16-20-26-30(27)32(38)25-19-15-14-18-24(25)31(26)37/h14-16,18-21,23,28-29,34-36H,3-13,17,22H2,1-2H3. The Morgan fingerprint density at radius 1 is 0.763 bits per heavy atom. The Labute approximate surface area is 233 Å². The Bertz CT molecular complexity index is 1040. The number of hydrogen-bond donors (Lipinski definition) is 3. The fraction of sp³-hybridized carbons (Fsp3) is 0.562. The van der Waals surface area contributed by atoms with Crippen LogP contribution in [0.2, 0.25) is 0 Å². The minimum absolute atomic E-state index is 0.0478. The first-order chi connectivity index (χ1) is 18.5. The van der Waals surface area contributed by atoms with Crippen LogP contribution >= 0.6 is 11.6 Å². The Morgan fingerprint density at radius 2 is 1.34 bits per heavy atom. The number of ketones is 2. The van der Waals surface area contributed by atoms with Gasteiger partial charge in [-0.1, -0.05) is 126 Å². The van der Waals surface area contributed by atoms with Crippen molar-refractivity contribution >= 4 is 28.9 Å². The maximum absolute atomic E-state index is 13.4. The number of aliphatic hydroxyl groups is 1. The number of anilines is 1. The van der Waals surface area contributed by atoms with Crippen LogP contribution in [0.5, 0.6) is 0 Å². The molecule has 5 nitrogen and oxygen atoms in total. The molecule has 1 aliphatic carbocycles. The molecule has 208 valence electrons. The minimum Gasteiger partial charge on any atom is -0.378 e. The topological polar surface area (TPSA) is 78.4 Å². The van der Waals surface area contributed by atoms with Gasteiger partial charge in [-0.15, -0.1) is 0 Å². The summed E-state index contributed by atoms with van der Waals surface area (Å²) in [6.07, 6.45) is 14.8. The number of carbonyl (C=O) groups is 2. The molecule has 2 aromatic carbocycles. The van der Waals surface area contributed by atoms with Gasteiger partial charge in [-0.3, -0.25) is 14.9 Å². The van der Waals surface area contributed by atoms with Crippen molar-refractivity contribution in [3.05, 3.63) is 64.7 Å². The largest absolute Gasteiger partial charge is 0.378 e. The number of hydrogen-bond acceptors (Lipinski definition) is 5. The Hall–Kier alpha value is -2.21. The third-order valence-electron chi connectivity index (χ3n) is 7.51. The average molecular weight is 541 g/mol. The van der Waals surface area contributed by atoms with Crippen molar-refractivity contribution in [3.8, 4) is 0 Å². The van der Waals surface area contributed by atoms with E-state index in [1.807, 2.05) is 12.1 Å². The lowest BCUT2D eigenvalue weighted by Gasteiger charge is -2.29. The molecule has 0 saturated carbocycles. The summed E-state index contributed by atoms with van der Waals surface area (Å²) < 4.78 is 0. The smallest absolute Gasteiger partial charge is 0.196 e. The monoisotopic (exact) mass is 540 g/mol.